The van der Waals surface area contributed by atoms with Crippen LogP contribution in [0.1, 0.15) is 43.5 Å². The number of amides is 2. The van der Waals surface area contributed by atoms with Gasteiger partial charge in [-0.25, -0.2) is 14.8 Å². The zero-order chi connectivity index (χ0) is 22.0. The Hall–Kier alpha value is -3.42. The fourth-order valence-electron chi connectivity index (χ4n) is 3.73. The molecule has 0 radical (unpaired) electrons. The van der Waals surface area contributed by atoms with Gasteiger partial charge in [0, 0.05) is 49.3 Å². The molecule has 0 spiro atoms. The van der Waals surface area contributed by atoms with E-state index in [1.807, 2.05) is 48.1 Å². The van der Waals surface area contributed by atoms with Gasteiger partial charge >= 0.3 is 6.03 Å². The molecule has 0 atom stereocenters. The van der Waals surface area contributed by atoms with E-state index in [0.717, 1.165) is 28.9 Å². The SMILES string of the molecule is CCNC(=O)N1CCc2cc(Nc3ncc(C)c(-c4cnn(C(C)C)c4)n3)ccc2C1. The maximum atomic E-state index is 12.1. The molecule has 1 aliphatic heterocycles. The fraction of sp³-hybridized carbons (Fsp3) is 0.391. The van der Waals surface area contributed by atoms with Gasteiger partial charge in [-0.15, -0.1) is 0 Å². The summed E-state index contributed by atoms with van der Waals surface area (Å²) in [6.45, 7) is 10.1. The highest BCUT2D eigenvalue weighted by atomic mass is 16.2. The van der Waals surface area contributed by atoms with Crippen LogP contribution in [0.2, 0.25) is 0 Å². The fourth-order valence-corrected chi connectivity index (χ4v) is 3.73. The van der Waals surface area contributed by atoms with E-state index in [1.54, 1.807) is 0 Å². The zero-order valence-corrected chi connectivity index (χ0v) is 18.5. The Balaban J connectivity index is 1.52. The summed E-state index contributed by atoms with van der Waals surface area (Å²) < 4.78 is 1.93. The summed E-state index contributed by atoms with van der Waals surface area (Å²) in [6, 6.07) is 6.51. The maximum absolute atomic E-state index is 12.1. The predicted octanol–water partition coefficient (Wildman–Crippen LogP) is 4.06. The van der Waals surface area contributed by atoms with E-state index in [0.29, 0.717) is 31.6 Å². The predicted molar refractivity (Wildman–Crippen MR) is 121 cm³/mol. The summed E-state index contributed by atoms with van der Waals surface area (Å²) >= 11 is 0. The third kappa shape index (κ3) is 4.52. The monoisotopic (exact) mass is 419 g/mol. The average Bonchev–Trinajstić information content (AvgIpc) is 3.25. The van der Waals surface area contributed by atoms with Crippen LogP contribution in [0, 0.1) is 6.92 Å². The van der Waals surface area contributed by atoms with Crippen LogP contribution in [0.4, 0.5) is 16.4 Å². The van der Waals surface area contributed by atoms with Gasteiger partial charge in [-0.2, -0.15) is 5.10 Å². The Morgan fingerprint density at radius 2 is 2.06 bits per heavy atom. The number of carbonyl (C=O) groups is 1. The number of hydrogen-bond acceptors (Lipinski definition) is 5. The first-order valence-electron chi connectivity index (χ1n) is 10.7. The molecule has 1 aliphatic rings. The summed E-state index contributed by atoms with van der Waals surface area (Å²) in [7, 11) is 0. The Labute approximate surface area is 182 Å². The molecule has 3 heterocycles. The molecule has 0 bridgehead atoms. The second-order valence-electron chi connectivity index (χ2n) is 8.14. The van der Waals surface area contributed by atoms with Crippen LogP contribution in [0.25, 0.3) is 11.3 Å². The van der Waals surface area contributed by atoms with Crippen LogP contribution in [-0.4, -0.2) is 43.8 Å². The molecule has 0 saturated heterocycles. The van der Waals surface area contributed by atoms with Crippen molar-refractivity contribution in [2.45, 2.75) is 46.7 Å². The zero-order valence-electron chi connectivity index (χ0n) is 18.5. The molecule has 1 aromatic carbocycles. The smallest absolute Gasteiger partial charge is 0.317 e. The van der Waals surface area contributed by atoms with Crippen molar-refractivity contribution in [1.29, 1.82) is 0 Å². The Morgan fingerprint density at radius 1 is 1.23 bits per heavy atom. The van der Waals surface area contributed by atoms with Gasteiger partial charge in [0.1, 0.15) is 0 Å². The molecule has 2 amide bonds. The van der Waals surface area contributed by atoms with Crippen LogP contribution in [0.15, 0.2) is 36.8 Å². The minimum absolute atomic E-state index is 0.00303. The van der Waals surface area contributed by atoms with Gasteiger partial charge in [0.05, 0.1) is 11.9 Å². The van der Waals surface area contributed by atoms with E-state index in [9.17, 15) is 4.79 Å². The third-order valence-electron chi connectivity index (χ3n) is 5.47. The lowest BCUT2D eigenvalue weighted by atomic mass is 9.99. The van der Waals surface area contributed by atoms with Gasteiger partial charge in [0.15, 0.2) is 0 Å². The van der Waals surface area contributed by atoms with Crippen LogP contribution in [-0.2, 0) is 13.0 Å². The van der Waals surface area contributed by atoms with Crippen molar-refractivity contribution in [3.8, 4) is 11.3 Å². The number of benzene rings is 1. The standard InChI is InChI=1S/C23H29N7O/c1-5-24-23(31)29-9-8-17-10-20(7-6-18(17)13-29)27-22-25-11-16(4)21(28-22)19-12-26-30(14-19)15(2)3/h6-7,10-12,14-15H,5,8-9,13H2,1-4H3,(H,24,31)(H,25,27,28). The second kappa shape index (κ2) is 8.75. The van der Waals surface area contributed by atoms with Crippen LogP contribution < -0.4 is 10.6 Å². The lowest BCUT2D eigenvalue weighted by Crippen LogP contribution is -2.42. The summed E-state index contributed by atoms with van der Waals surface area (Å²) in [5.74, 6) is 0.553. The molecule has 0 saturated carbocycles. The number of carbonyl (C=O) groups excluding carboxylic acids is 1. The highest BCUT2D eigenvalue weighted by Gasteiger charge is 2.20. The lowest BCUT2D eigenvalue weighted by Gasteiger charge is -2.29. The number of nitrogens with zero attached hydrogens (tertiary/aromatic N) is 5. The molecular weight excluding hydrogens is 390 g/mol. The third-order valence-corrected chi connectivity index (χ3v) is 5.47. The van der Waals surface area contributed by atoms with Crippen LogP contribution in [0.5, 0.6) is 0 Å². The van der Waals surface area contributed by atoms with Crippen molar-refractivity contribution < 1.29 is 4.79 Å². The van der Waals surface area contributed by atoms with E-state index >= 15 is 0 Å². The quantitative estimate of drug-likeness (QED) is 0.651. The van der Waals surface area contributed by atoms with Crippen molar-refractivity contribution in [1.82, 2.24) is 30.0 Å². The van der Waals surface area contributed by atoms with Crippen LogP contribution >= 0.6 is 0 Å². The molecule has 0 unspecified atom stereocenters. The Bertz CT molecular complexity index is 1090. The molecule has 0 aliphatic carbocycles. The first kappa shape index (κ1) is 20.8. The molecule has 162 valence electrons. The van der Waals surface area contributed by atoms with E-state index in [2.05, 4.69) is 46.7 Å². The number of aryl methyl sites for hydroxylation is 1. The first-order chi connectivity index (χ1) is 14.9. The minimum atomic E-state index is -0.00303. The number of rotatable bonds is 5. The Kier molecular flexibility index (Phi) is 5.88. The van der Waals surface area contributed by atoms with E-state index < -0.39 is 0 Å². The first-order valence-corrected chi connectivity index (χ1v) is 10.7. The van der Waals surface area contributed by atoms with Gasteiger partial charge in [0.2, 0.25) is 5.95 Å². The highest BCUT2D eigenvalue weighted by Crippen LogP contribution is 2.26. The average molecular weight is 420 g/mol. The van der Waals surface area contributed by atoms with Crippen molar-refractivity contribution in [3.05, 3.63) is 53.5 Å². The minimum Gasteiger partial charge on any atom is -0.338 e. The van der Waals surface area contributed by atoms with Gasteiger partial charge in [-0.05, 0) is 62.9 Å². The lowest BCUT2D eigenvalue weighted by molar-refractivity contribution is 0.193. The number of hydrogen-bond donors (Lipinski definition) is 2. The second-order valence-corrected chi connectivity index (χ2v) is 8.14. The molecular formula is C23H29N7O. The Morgan fingerprint density at radius 3 is 2.81 bits per heavy atom. The largest absolute Gasteiger partial charge is 0.338 e. The van der Waals surface area contributed by atoms with Gasteiger partial charge < -0.3 is 15.5 Å². The molecule has 2 aromatic heterocycles. The molecule has 8 nitrogen and oxygen atoms in total. The van der Waals surface area contributed by atoms with Crippen molar-refractivity contribution >= 4 is 17.7 Å². The van der Waals surface area contributed by atoms with Crippen molar-refractivity contribution in [3.63, 3.8) is 0 Å². The molecule has 3 aromatic rings. The number of urea groups is 1. The molecule has 8 heteroatoms. The van der Waals surface area contributed by atoms with E-state index in [-0.39, 0.29) is 6.03 Å². The van der Waals surface area contributed by atoms with E-state index in [1.165, 1.54) is 11.1 Å². The van der Waals surface area contributed by atoms with Crippen LogP contribution in [0.3, 0.4) is 0 Å². The summed E-state index contributed by atoms with van der Waals surface area (Å²) in [6.07, 6.45) is 6.53. The summed E-state index contributed by atoms with van der Waals surface area (Å²) in [5, 5.41) is 10.6. The summed E-state index contributed by atoms with van der Waals surface area (Å²) in [4.78, 5) is 23.2. The highest BCUT2D eigenvalue weighted by molar-refractivity contribution is 5.74. The molecule has 2 N–H and O–H groups in total. The summed E-state index contributed by atoms with van der Waals surface area (Å²) in [5.41, 5.74) is 6.22. The van der Waals surface area contributed by atoms with Crippen molar-refractivity contribution in [2.75, 3.05) is 18.4 Å². The topological polar surface area (TPSA) is 88.0 Å². The number of fused-ring (bicyclic) bond motifs is 1. The molecule has 4 rings (SSSR count). The molecule has 0 fully saturated rings. The van der Waals surface area contributed by atoms with Gasteiger partial charge in [-0.1, -0.05) is 6.07 Å². The number of aromatic nitrogens is 4. The number of nitrogens with one attached hydrogen (secondary N) is 2. The van der Waals surface area contributed by atoms with E-state index in [4.69, 9.17) is 4.98 Å². The normalized spacial score (nSPS) is 13.3. The van der Waals surface area contributed by atoms with Gasteiger partial charge in [0.25, 0.3) is 0 Å². The maximum Gasteiger partial charge on any atom is 0.317 e. The molecule has 31 heavy (non-hydrogen) atoms. The number of anilines is 2. The van der Waals surface area contributed by atoms with Crippen molar-refractivity contribution in [2.24, 2.45) is 0 Å². The van der Waals surface area contributed by atoms with Gasteiger partial charge in [-0.3, -0.25) is 4.68 Å².